The van der Waals surface area contributed by atoms with Crippen LogP contribution in [0.5, 0.6) is 0 Å². The fourth-order valence-corrected chi connectivity index (χ4v) is 6.11. The maximum atomic E-state index is 4.40. The van der Waals surface area contributed by atoms with E-state index in [1.807, 2.05) is 0 Å². The predicted octanol–water partition coefficient (Wildman–Crippen LogP) is 7.19. The largest absolute Gasteiger partial charge is 0.374 e. The smallest absolute Gasteiger partial charge is 0.0368 e. The number of hydrogen-bond acceptors (Lipinski definition) is 2. The van der Waals surface area contributed by atoms with E-state index in [2.05, 4.69) is 95.8 Å². The van der Waals surface area contributed by atoms with Crippen LogP contribution >= 0.6 is 0 Å². The minimum Gasteiger partial charge on any atom is -0.374 e. The lowest BCUT2D eigenvalue weighted by molar-refractivity contribution is 0.167. The summed E-state index contributed by atoms with van der Waals surface area (Å²) in [4.78, 5) is 5.41. The van der Waals surface area contributed by atoms with Gasteiger partial charge in [0, 0.05) is 37.9 Å². The second kappa shape index (κ2) is 10.6. The van der Waals surface area contributed by atoms with Gasteiger partial charge in [-0.2, -0.15) is 0 Å². The molecule has 2 heteroatoms. The van der Waals surface area contributed by atoms with Gasteiger partial charge in [-0.05, 0) is 72.3 Å². The first-order valence-corrected chi connectivity index (χ1v) is 13.1. The van der Waals surface area contributed by atoms with Gasteiger partial charge < -0.3 is 4.90 Å². The number of piperidine rings is 1. The molecule has 2 nitrogen and oxygen atoms in total. The van der Waals surface area contributed by atoms with Crippen LogP contribution < -0.4 is 0 Å². The van der Waals surface area contributed by atoms with Crippen LogP contribution in [0.15, 0.2) is 97.2 Å². The van der Waals surface area contributed by atoms with Crippen LogP contribution in [-0.2, 0) is 0 Å². The van der Waals surface area contributed by atoms with E-state index < -0.39 is 0 Å². The lowest BCUT2D eigenvalue weighted by Crippen LogP contribution is -2.46. The molecule has 0 N–H and O–H groups in total. The van der Waals surface area contributed by atoms with Gasteiger partial charge in [0.05, 0.1) is 0 Å². The minimum atomic E-state index is 0.553. The number of hydrogen-bond donors (Lipinski definition) is 0. The zero-order chi connectivity index (χ0) is 23.3. The summed E-state index contributed by atoms with van der Waals surface area (Å²) in [7, 11) is 0. The monoisotopic (exact) mass is 450 g/mol. The van der Waals surface area contributed by atoms with E-state index in [0.717, 1.165) is 38.4 Å². The van der Waals surface area contributed by atoms with Crippen LogP contribution in [0.25, 0.3) is 11.1 Å². The second-order valence-corrected chi connectivity index (χ2v) is 10.1. The lowest BCUT2D eigenvalue weighted by atomic mass is 9.77. The third-order valence-corrected chi connectivity index (χ3v) is 7.98. The predicted molar refractivity (Wildman–Crippen MR) is 145 cm³/mol. The molecule has 2 aromatic rings. The van der Waals surface area contributed by atoms with E-state index >= 15 is 0 Å². The van der Waals surface area contributed by atoms with Gasteiger partial charge in [-0.1, -0.05) is 86.0 Å². The Balaban J connectivity index is 1.29. The molecular formula is C32H38N2. The van der Waals surface area contributed by atoms with Gasteiger partial charge >= 0.3 is 0 Å². The summed E-state index contributed by atoms with van der Waals surface area (Å²) in [5, 5.41) is 0. The number of rotatable bonds is 8. The van der Waals surface area contributed by atoms with Crippen molar-refractivity contribution in [3.05, 3.63) is 108 Å². The molecule has 2 aliphatic heterocycles. The summed E-state index contributed by atoms with van der Waals surface area (Å²) in [5.41, 5.74) is 8.29. The molecule has 0 saturated carbocycles. The summed E-state index contributed by atoms with van der Waals surface area (Å²) >= 11 is 0. The summed E-state index contributed by atoms with van der Waals surface area (Å²) in [6.45, 7) is 13.2. The van der Waals surface area contributed by atoms with E-state index in [4.69, 9.17) is 0 Å². The molecule has 2 unspecified atom stereocenters. The number of benzene rings is 2. The Labute approximate surface area is 206 Å². The van der Waals surface area contributed by atoms with Crippen LogP contribution in [0, 0.1) is 5.92 Å². The molecule has 1 saturated heterocycles. The molecule has 2 heterocycles. The SMILES string of the molecule is C=C(CCN1CCCC2CCC3C(=C21)C=CCN3CCC(=C)c1ccccc1)c1ccccc1. The Kier molecular flexibility index (Phi) is 7.16. The van der Waals surface area contributed by atoms with Crippen molar-refractivity contribution in [2.24, 2.45) is 5.92 Å². The molecule has 0 bridgehead atoms. The van der Waals surface area contributed by atoms with Crippen LogP contribution in [-0.4, -0.2) is 42.0 Å². The van der Waals surface area contributed by atoms with Crippen molar-refractivity contribution >= 4 is 11.1 Å². The molecule has 2 aromatic carbocycles. The molecule has 5 rings (SSSR count). The Morgan fingerprint density at radius 2 is 1.44 bits per heavy atom. The Morgan fingerprint density at radius 1 is 0.794 bits per heavy atom. The van der Waals surface area contributed by atoms with Crippen molar-refractivity contribution in [2.75, 3.05) is 26.2 Å². The van der Waals surface area contributed by atoms with Crippen molar-refractivity contribution in [3.63, 3.8) is 0 Å². The van der Waals surface area contributed by atoms with E-state index in [1.165, 1.54) is 54.5 Å². The van der Waals surface area contributed by atoms with Crippen molar-refractivity contribution in [1.29, 1.82) is 0 Å². The highest BCUT2D eigenvalue weighted by molar-refractivity contribution is 5.64. The summed E-state index contributed by atoms with van der Waals surface area (Å²) in [5.74, 6) is 0.730. The fraction of sp³-hybridized carbons (Fsp3) is 0.375. The van der Waals surface area contributed by atoms with Crippen LogP contribution in [0.2, 0.25) is 0 Å². The number of nitrogens with zero attached hydrogens (tertiary/aromatic N) is 2. The van der Waals surface area contributed by atoms with Crippen LogP contribution in [0.4, 0.5) is 0 Å². The summed E-state index contributed by atoms with van der Waals surface area (Å²) < 4.78 is 0. The van der Waals surface area contributed by atoms with Gasteiger partial charge in [-0.25, -0.2) is 0 Å². The third kappa shape index (κ3) is 4.98. The molecule has 1 fully saturated rings. The Bertz CT molecular complexity index is 1060. The number of allylic oxidation sites excluding steroid dienone is 1. The van der Waals surface area contributed by atoms with Gasteiger partial charge in [0.25, 0.3) is 0 Å². The Morgan fingerprint density at radius 3 is 2.12 bits per heavy atom. The standard InChI is InChI=1S/C32H38N2/c1-25(27-11-5-3-6-12-27)19-23-33-21-10-16-30-31(33)18-17-29-15-9-22-34(32(29)30)24-20-26(2)28-13-7-4-8-14-28/h3-8,10-14,16,29,31H,1-2,9,15,17-24H2. The number of likely N-dealkylation sites (tertiary alicyclic amines) is 1. The van der Waals surface area contributed by atoms with Crippen molar-refractivity contribution in [2.45, 2.75) is 44.6 Å². The van der Waals surface area contributed by atoms with Gasteiger partial charge in [0.1, 0.15) is 0 Å². The highest BCUT2D eigenvalue weighted by atomic mass is 15.2. The molecule has 0 radical (unpaired) electrons. The summed E-state index contributed by atoms with van der Waals surface area (Å²) in [6, 6.07) is 21.9. The number of fused-ring (bicyclic) bond motifs is 2. The topological polar surface area (TPSA) is 6.48 Å². The van der Waals surface area contributed by atoms with Crippen molar-refractivity contribution in [3.8, 4) is 0 Å². The molecule has 34 heavy (non-hydrogen) atoms. The minimum absolute atomic E-state index is 0.553. The van der Waals surface area contributed by atoms with Gasteiger partial charge in [-0.15, -0.1) is 0 Å². The normalized spacial score (nSPS) is 22.3. The molecule has 0 amide bonds. The Hall–Kier alpha value is -2.84. The first kappa shape index (κ1) is 22.9. The highest BCUT2D eigenvalue weighted by Crippen LogP contribution is 2.42. The molecule has 2 atom stereocenters. The molecule has 1 aliphatic carbocycles. The van der Waals surface area contributed by atoms with E-state index in [-0.39, 0.29) is 0 Å². The van der Waals surface area contributed by atoms with E-state index in [1.54, 1.807) is 11.3 Å². The highest BCUT2D eigenvalue weighted by Gasteiger charge is 2.37. The maximum absolute atomic E-state index is 4.40. The molecule has 3 aliphatic rings. The summed E-state index contributed by atoms with van der Waals surface area (Å²) in [6.07, 6.45) is 12.2. The first-order chi connectivity index (χ1) is 16.7. The maximum Gasteiger partial charge on any atom is 0.0368 e. The zero-order valence-corrected chi connectivity index (χ0v) is 20.5. The third-order valence-electron chi connectivity index (χ3n) is 7.98. The molecule has 0 aromatic heterocycles. The molecule has 176 valence electrons. The quantitative estimate of drug-likeness (QED) is 0.420. The molecular weight excluding hydrogens is 412 g/mol. The molecule has 0 spiro atoms. The van der Waals surface area contributed by atoms with Crippen molar-refractivity contribution < 1.29 is 0 Å². The van der Waals surface area contributed by atoms with E-state index in [9.17, 15) is 0 Å². The van der Waals surface area contributed by atoms with Crippen molar-refractivity contribution in [1.82, 2.24) is 9.80 Å². The fourth-order valence-electron chi connectivity index (χ4n) is 6.11. The van der Waals surface area contributed by atoms with Gasteiger partial charge in [0.15, 0.2) is 0 Å². The lowest BCUT2D eigenvalue weighted by Gasteiger charge is -2.47. The zero-order valence-electron chi connectivity index (χ0n) is 20.5. The second-order valence-electron chi connectivity index (χ2n) is 10.1. The first-order valence-electron chi connectivity index (χ1n) is 13.1. The van der Waals surface area contributed by atoms with Gasteiger partial charge in [-0.3, -0.25) is 4.90 Å². The van der Waals surface area contributed by atoms with Gasteiger partial charge in [0.2, 0.25) is 0 Å². The van der Waals surface area contributed by atoms with E-state index in [0.29, 0.717) is 6.04 Å². The average Bonchev–Trinajstić information content (AvgIpc) is 2.91. The van der Waals surface area contributed by atoms with Crippen LogP contribution in [0.3, 0.4) is 0 Å². The van der Waals surface area contributed by atoms with Crippen LogP contribution in [0.1, 0.15) is 49.7 Å². The average molecular weight is 451 g/mol.